The SMILES string of the molecule is COc1ccc(-c2csc(NC(=O)c3ccc(SC)cc3)n2)c(OC)c1. The number of hydrogen-bond donors (Lipinski definition) is 1. The standard InChI is InChI=1S/C19H18N2O3S2/c1-23-13-6-9-15(17(10-13)24-2)16-11-26-19(20-16)21-18(22)12-4-7-14(25-3)8-5-12/h4-11H,1-3H3,(H,20,21,22). The van der Waals surface area contributed by atoms with E-state index in [1.807, 2.05) is 48.0 Å². The Morgan fingerprint density at radius 2 is 1.88 bits per heavy atom. The second-order valence-corrected chi connectivity index (χ2v) is 7.02. The third-order valence-corrected chi connectivity index (χ3v) is 5.26. The number of hydrogen-bond acceptors (Lipinski definition) is 6. The van der Waals surface area contributed by atoms with Crippen molar-refractivity contribution in [2.24, 2.45) is 0 Å². The van der Waals surface area contributed by atoms with Crippen molar-refractivity contribution in [1.29, 1.82) is 0 Å². The molecular formula is C19H18N2O3S2. The summed E-state index contributed by atoms with van der Waals surface area (Å²) in [5.74, 6) is 1.20. The van der Waals surface area contributed by atoms with Gasteiger partial charge in [-0.3, -0.25) is 10.1 Å². The molecule has 1 amide bonds. The predicted molar refractivity (Wildman–Crippen MR) is 107 cm³/mol. The summed E-state index contributed by atoms with van der Waals surface area (Å²) in [6.45, 7) is 0. The summed E-state index contributed by atoms with van der Waals surface area (Å²) in [5.41, 5.74) is 2.18. The van der Waals surface area contributed by atoms with Crippen molar-refractivity contribution in [3.05, 3.63) is 53.4 Å². The van der Waals surface area contributed by atoms with E-state index in [9.17, 15) is 4.79 Å². The quantitative estimate of drug-likeness (QED) is 0.617. The van der Waals surface area contributed by atoms with Crippen LogP contribution in [0, 0.1) is 0 Å². The lowest BCUT2D eigenvalue weighted by molar-refractivity contribution is 0.102. The van der Waals surface area contributed by atoms with Gasteiger partial charge in [-0.05, 0) is 42.7 Å². The van der Waals surface area contributed by atoms with Crippen molar-refractivity contribution in [1.82, 2.24) is 4.98 Å². The summed E-state index contributed by atoms with van der Waals surface area (Å²) in [6.07, 6.45) is 2.00. The maximum atomic E-state index is 12.4. The number of thiazole rings is 1. The van der Waals surface area contributed by atoms with E-state index in [4.69, 9.17) is 9.47 Å². The third-order valence-electron chi connectivity index (χ3n) is 3.76. The topological polar surface area (TPSA) is 60.5 Å². The van der Waals surface area contributed by atoms with Crippen LogP contribution in [0.5, 0.6) is 11.5 Å². The molecule has 0 atom stereocenters. The van der Waals surface area contributed by atoms with Gasteiger partial charge in [-0.25, -0.2) is 4.98 Å². The average molecular weight is 386 g/mol. The van der Waals surface area contributed by atoms with Crippen LogP contribution in [0.15, 0.2) is 52.7 Å². The fourth-order valence-electron chi connectivity index (χ4n) is 2.38. The number of anilines is 1. The molecule has 3 aromatic rings. The predicted octanol–water partition coefficient (Wildman–Crippen LogP) is 4.80. The first-order valence-corrected chi connectivity index (χ1v) is 9.88. The van der Waals surface area contributed by atoms with Gasteiger partial charge in [0.2, 0.25) is 0 Å². The fraction of sp³-hybridized carbons (Fsp3) is 0.158. The minimum absolute atomic E-state index is 0.180. The number of carbonyl (C=O) groups excluding carboxylic acids is 1. The molecule has 0 radical (unpaired) electrons. The lowest BCUT2D eigenvalue weighted by Crippen LogP contribution is -2.11. The van der Waals surface area contributed by atoms with E-state index in [2.05, 4.69) is 10.3 Å². The smallest absolute Gasteiger partial charge is 0.257 e. The van der Waals surface area contributed by atoms with E-state index in [1.165, 1.54) is 11.3 Å². The molecule has 5 nitrogen and oxygen atoms in total. The number of nitrogens with one attached hydrogen (secondary N) is 1. The van der Waals surface area contributed by atoms with Gasteiger partial charge in [-0.1, -0.05) is 0 Å². The lowest BCUT2D eigenvalue weighted by Gasteiger charge is -2.08. The second-order valence-electron chi connectivity index (χ2n) is 5.29. The van der Waals surface area contributed by atoms with Crippen molar-refractivity contribution < 1.29 is 14.3 Å². The van der Waals surface area contributed by atoms with Crippen molar-refractivity contribution in [3.63, 3.8) is 0 Å². The number of ether oxygens (including phenoxy) is 2. The number of rotatable bonds is 6. The summed E-state index contributed by atoms with van der Waals surface area (Å²) >= 11 is 3.01. The zero-order valence-corrected chi connectivity index (χ0v) is 16.2. The third kappa shape index (κ3) is 4.00. The Balaban J connectivity index is 1.78. The van der Waals surface area contributed by atoms with Crippen LogP contribution in [0.4, 0.5) is 5.13 Å². The van der Waals surface area contributed by atoms with Crippen LogP contribution in [0.3, 0.4) is 0 Å². The minimum Gasteiger partial charge on any atom is -0.497 e. The van der Waals surface area contributed by atoms with Gasteiger partial charge in [-0.2, -0.15) is 0 Å². The van der Waals surface area contributed by atoms with Crippen molar-refractivity contribution in [3.8, 4) is 22.8 Å². The number of aromatic nitrogens is 1. The van der Waals surface area contributed by atoms with Crippen LogP contribution in [0.2, 0.25) is 0 Å². The van der Waals surface area contributed by atoms with E-state index < -0.39 is 0 Å². The van der Waals surface area contributed by atoms with Gasteiger partial charge in [0, 0.05) is 27.5 Å². The maximum Gasteiger partial charge on any atom is 0.257 e. The fourth-order valence-corrected chi connectivity index (χ4v) is 3.49. The largest absolute Gasteiger partial charge is 0.497 e. The molecule has 0 bridgehead atoms. The Morgan fingerprint density at radius 1 is 1.12 bits per heavy atom. The highest BCUT2D eigenvalue weighted by atomic mass is 32.2. The normalized spacial score (nSPS) is 10.4. The Kier molecular flexibility index (Phi) is 5.80. The number of amides is 1. The molecule has 0 spiro atoms. The van der Waals surface area contributed by atoms with Gasteiger partial charge in [0.1, 0.15) is 11.5 Å². The molecule has 0 saturated carbocycles. The molecule has 0 saturated heterocycles. The lowest BCUT2D eigenvalue weighted by atomic mass is 10.1. The van der Waals surface area contributed by atoms with Crippen LogP contribution >= 0.6 is 23.1 Å². The van der Waals surface area contributed by atoms with E-state index in [0.29, 0.717) is 22.2 Å². The molecule has 1 heterocycles. The molecule has 26 heavy (non-hydrogen) atoms. The van der Waals surface area contributed by atoms with Crippen LogP contribution in [-0.4, -0.2) is 31.4 Å². The summed E-state index contributed by atoms with van der Waals surface area (Å²) in [5, 5.41) is 5.27. The van der Waals surface area contributed by atoms with E-state index in [0.717, 1.165) is 16.2 Å². The highest BCUT2D eigenvalue weighted by Gasteiger charge is 2.13. The Bertz CT molecular complexity index is 907. The first-order valence-electron chi connectivity index (χ1n) is 7.78. The van der Waals surface area contributed by atoms with E-state index in [-0.39, 0.29) is 5.91 Å². The maximum absolute atomic E-state index is 12.4. The van der Waals surface area contributed by atoms with Crippen molar-refractivity contribution in [2.45, 2.75) is 4.90 Å². The molecule has 1 aromatic heterocycles. The van der Waals surface area contributed by atoms with Gasteiger partial charge in [0.15, 0.2) is 5.13 Å². The number of nitrogens with zero attached hydrogens (tertiary/aromatic N) is 1. The highest BCUT2D eigenvalue weighted by Crippen LogP contribution is 2.34. The van der Waals surface area contributed by atoms with Crippen molar-refractivity contribution in [2.75, 3.05) is 25.8 Å². The summed E-state index contributed by atoms with van der Waals surface area (Å²) < 4.78 is 10.6. The van der Waals surface area contributed by atoms with Gasteiger partial charge in [0.05, 0.1) is 19.9 Å². The molecule has 0 aliphatic carbocycles. The average Bonchev–Trinajstić information content (AvgIpc) is 3.15. The highest BCUT2D eigenvalue weighted by molar-refractivity contribution is 7.98. The van der Waals surface area contributed by atoms with Gasteiger partial charge < -0.3 is 9.47 Å². The number of methoxy groups -OCH3 is 2. The first kappa shape index (κ1) is 18.3. The first-order chi connectivity index (χ1) is 12.6. The molecule has 3 rings (SSSR count). The van der Waals surface area contributed by atoms with E-state index in [1.54, 1.807) is 32.0 Å². The monoisotopic (exact) mass is 386 g/mol. The zero-order valence-electron chi connectivity index (χ0n) is 14.6. The summed E-state index contributed by atoms with van der Waals surface area (Å²) in [7, 11) is 3.21. The van der Waals surface area contributed by atoms with Crippen LogP contribution < -0.4 is 14.8 Å². The molecule has 2 aromatic carbocycles. The molecular weight excluding hydrogens is 368 g/mol. The number of carbonyl (C=O) groups is 1. The van der Waals surface area contributed by atoms with Crippen LogP contribution in [0.25, 0.3) is 11.3 Å². The Labute approximate surface area is 160 Å². The summed E-state index contributed by atoms with van der Waals surface area (Å²) in [6, 6.07) is 13.0. The second kappa shape index (κ2) is 8.25. The van der Waals surface area contributed by atoms with Gasteiger partial charge in [-0.15, -0.1) is 23.1 Å². The molecule has 0 aliphatic heterocycles. The van der Waals surface area contributed by atoms with Crippen molar-refractivity contribution >= 4 is 34.1 Å². The number of benzene rings is 2. The molecule has 7 heteroatoms. The molecule has 0 aliphatic rings. The molecule has 0 fully saturated rings. The van der Waals surface area contributed by atoms with Crippen LogP contribution in [-0.2, 0) is 0 Å². The van der Waals surface area contributed by atoms with Gasteiger partial charge in [0.25, 0.3) is 5.91 Å². The zero-order chi connectivity index (χ0) is 18.5. The van der Waals surface area contributed by atoms with Gasteiger partial charge >= 0.3 is 0 Å². The minimum atomic E-state index is -0.180. The summed E-state index contributed by atoms with van der Waals surface area (Å²) in [4.78, 5) is 18.0. The van der Waals surface area contributed by atoms with Crippen LogP contribution in [0.1, 0.15) is 10.4 Å². The Morgan fingerprint density at radius 3 is 2.54 bits per heavy atom. The molecule has 1 N–H and O–H groups in total. The van der Waals surface area contributed by atoms with E-state index >= 15 is 0 Å². The molecule has 134 valence electrons. The molecule has 0 unspecified atom stereocenters. The number of thioether (sulfide) groups is 1. The Hall–Kier alpha value is -2.51.